The largest absolute Gasteiger partial charge is 0.306 e. The average Bonchev–Trinajstić information content (AvgIpc) is 3.52. The maximum atomic E-state index is 2.93. The van der Waals surface area contributed by atoms with E-state index in [1.54, 1.807) is 19.3 Å². The van der Waals surface area contributed by atoms with Crippen LogP contribution >= 0.6 is 0 Å². The Kier molecular flexibility index (Phi) is 4.00. The lowest BCUT2D eigenvalue weighted by Gasteiger charge is -2.47. The maximum absolute atomic E-state index is 2.93. The zero-order valence-corrected chi connectivity index (χ0v) is 16.9. The van der Waals surface area contributed by atoms with E-state index >= 15 is 0 Å². The number of fused-ring (bicyclic) bond motifs is 3. The summed E-state index contributed by atoms with van der Waals surface area (Å²) in [6, 6.07) is 0.989. The molecule has 0 amide bonds. The van der Waals surface area contributed by atoms with Gasteiger partial charge in [-0.05, 0) is 100.0 Å². The molecule has 0 aromatic carbocycles. The Morgan fingerprint density at radius 3 is 2.31 bits per heavy atom. The van der Waals surface area contributed by atoms with E-state index in [1.165, 1.54) is 77.9 Å². The van der Waals surface area contributed by atoms with Crippen LogP contribution in [0, 0.1) is 35.0 Å². The van der Waals surface area contributed by atoms with Gasteiger partial charge in [-0.15, -0.1) is 0 Å². The third-order valence-corrected chi connectivity index (χ3v) is 9.51. The van der Waals surface area contributed by atoms with Crippen molar-refractivity contribution in [3.8, 4) is 0 Å². The molecule has 0 radical (unpaired) electrons. The number of piperidine rings is 3. The SMILES string of the molecule is CN1CC(CN2CC3CCC(C3)C2)C2(CC2)C(CN2CCCC3CC32)C1. The molecular formula is C23H39N3. The van der Waals surface area contributed by atoms with Crippen LogP contribution in [0.2, 0.25) is 0 Å². The fraction of sp³-hybridized carbons (Fsp3) is 1.00. The molecule has 146 valence electrons. The van der Waals surface area contributed by atoms with E-state index in [9.17, 15) is 0 Å². The Morgan fingerprint density at radius 1 is 0.846 bits per heavy atom. The summed E-state index contributed by atoms with van der Waals surface area (Å²) in [6.07, 6.45) is 12.2. The topological polar surface area (TPSA) is 9.72 Å². The van der Waals surface area contributed by atoms with Crippen molar-refractivity contribution in [1.29, 1.82) is 0 Å². The van der Waals surface area contributed by atoms with Gasteiger partial charge in [-0.25, -0.2) is 0 Å². The van der Waals surface area contributed by atoms with Crippen molar-refractivity contribution < 1.29 is 0 Å². The van der Waals surface area contributed by atoms with Gasteiger partial charge in [-0.1, -0.05) is 0 Å². The first-order valence-corrected chi connectivity index (χ1v) is 11.8. The Labute approximate surface area is 160 Å². The van der Waals surface area contributed by atoms with Crippen LogP contribution in [0.25, 0.3) is 0 Å². The Hall–Kier alpha value is -0.120. The summed E-state index contributed by atoms with van der Waals surface area (Å²) in [7, 11) is 2.41. The van der Waals surface area contributed by atoms with Gasteiger partial charge in [0.1, 0.15) is 0 Å². The minimum atomic E-state index is 0.727. The first-order valence-electron chi connectivity index (χ1n) is 11.8. The van der Waals surface area contributed by atoms with Gasteiger partial charge < -0.3 is 9.80 Å². The van der Waals surface area contributed by atoms with Crippen LogP contribution in [0.1, 0.15) is 51.4 Å². The van der Waals surface area contributed by atoms with E-state index in [4.69, 9.17) is 0 Å². The fourth-order valence-corrected chi connectivity index (χ4v) is 7.96. The van der Waals surface area contributed by atoms with Crippen LogP contribution < -0.4 is 0 Å². The Bertz CT molecular complexity index is 532. The van der Waals surface area contributed by atoms with Crippen LogP contribution in [0.3, 0.4) is 0 Å². The lowest BCUT2D eigenvalue weighted by atomic mass is 9.73. The van der Waals surface area contributed by atoms with Gasteiger partial charge in [0.2, 0.25) is 0 Å². The first-order chi connectivity index (χ1) is 12.7. The third kappa shape index (κ3) is 2.88. The van der Waals surface area contributed by atoms with E-state index in [2.05, 4.69) is 21.7 Å². The van der Waals surface area contributed by atoms with Gasteiger partial charge >= 0.3 is 0 Å². The summed E-state index contributed by atoms with van der Waals surface area (Å²) in [4.78, 5) is 8.53. The zero-order valence-electron chi connectivity index (χ0n) is 16.9. The first kappa shape index (κ1) is 16.8. The van der Waals surface area contributed by atoms with Crippen LogP contribution in [-0.4, -0.2) is 73.6 Å². The number of hydrogen-bond acceptors (Lipinski definition) is 3. The molecule has 6 rings (SSSR count). The molecule has 0 N–H and O–H groups in total. The summed E-state index contributed by atoms with van der Waals surface area (Å²) < 4.78 is 0. The molecule has 26 heavy (non-hydrogen) atoms. The third-order valence-electron chi connectivity index (χ3n) is 9.51. The van der Waals surface area contributed by atoms with E-state index in [-0.39, 0.29) is 0 Å². The van der Waals surface area contributed by atoms with Gasteiger partial charge in [0.15, 0.2) is 0 Å². The molecule has 0 aromatic heterocycles. The predicted molar refractivity (Wildman–Crippen MR) is 106 cm³/mol. The second-order valence-electron chi connectivity index (χ2n) is 11.3. The molecule has 2 bridgehead atoms. The highest BCUT2D eigenvalue weighted by Crippen LogP contribution is 2.61. The van der Waals surface area contributed by atoms with Gasteiger partial charge in [-0.2, -0.15) is 0 Å². The molecule has 3 saturated heterocycles. The van der Waals surface area contributed by atoms with Crippen molar-refractivity contribution in [3.05, 3.63) is 0 Å². The van der Waals surface area contributed by atoms with Gasteiger partial charge in [0.05, 0.1) is 0 Å². The predicted octanol–water partition coefficient (Wildman–Crippen LogP) is 3.16. The number of likely N-dealkylation sites (tertiary alicyclic amines) is 3. The zero-order chi connectivity index (χ0) is 17.3. The van der Waals surface area contributed by atoms with Crippen LogP contribution in [0.15, 0.2) is 0 Å². The smallest absolute Gasteiger partial charge is 0.0127 e. The lowest BCUT2D eigenvalue weighted by molar-refractivity contribution is 0.00562. The quantitative estimate of drug-likeness (QED) is 0.765. The van der Waals surface area contributed by atoms with Crippen molar-refractivity contribution in [3.63, 3.8) is 0 Å². The second kappa shape index (κ2) is 6.19. The normalized spacial score (nSPS) is 47.9. The summed E-state index contributed by atoms with van der Waals surface area (Å²) in [5.74, 6) is 5.07. The minimum absolute atomic E-state index is 0.727. The number of nitrogens with zero attached hydrogens (tertiary/aromatic N) is 3. The van der Waals surface area contributed by atoms with Crippen molar-refractivity contribution in [2.75, 3.05) is 52.9 Å². The molecule has 6 aliphatic rings. The van der Waals surface area contributed by atoms with Gasteiger partial charge in [0.25, 0.3) is 0 Å². The Balaban J connectivity index is 1.15. The summed E-state index contributed by atoms with van der Waals surface area (Å²) >= 11 is 0. The molecule has 3 saturated carbocycles. The average molecular weight is 358 g/mol. The summed E-state index contributed by atoms with van der Waals surface area (Å²) in [5, 5.41) is 0. The van der Waals surface area contributed by atoms with E-state index in [1.807, 2.05) is 0 Å². The highest BCUT2D eigenvalue weighted by atomic mass is 15.2. The molecule has 3 heterocycles. The molecule has 6 unspecified atom stereocenters. The summed E-state index contributed by atoms with van der Waals surface area (Å²) in [5.41, 5.74) is 0.727. The minimum Gasteiger partial charge on any atom is -0.306 e. The van der Waals surface area contributed by atoms with E-state index in [0.717, 1.165) is 41.0 Å². The molecule has 1 spiro atoms. The molecule has 6 fully saturated rings. The molecule has 0 aromatic rings. The molecular weight excluding hydrogens is 318 g/mol. The van der Waals surface area contributed by atoms with E-state index in [0.29, 0.717) is 0 Å². The summed E-state index contributed by atoms with van der Waals surface area (Å²) in [6.45, 7) is 9.83. The van der Waals surface area contributed by atoms with Crippen molar-refractivity contribution in [2.24, 2.45) is 35.0 Å². The van der Waals surface area contributed by atoms with Crippen LogP contribution in [0.4, 0.5) is 0 Å². The maximum Gasteiger partial charge on any atom is 0.0127 e. The van der Waals surface area contributed by atoms with Crippen LogP contribution in [-0.2, 0) is 0 Å². The van der Waals surface area contributed by atoms with Crippen molar-refractivity contribution >= 4 is 0 Å². The van der Waals surface area contributed by atoms with E-state index < -0.39 is 0 Å². The molecule has 3 heteroatoms. The van der Waals surface area contributed by atoms with Crippen molar-refractivity contribution in [2.45, 2.75) is 57.4 Å². The second-order valence-corrected chi connectivity index (χ2v) is 11.3. The standard InChI is InChI=1S/C23H39N3/c1-24-13-20(15-25-11-17-4-5-18(9-17)12-25)23(6-7-23)21(14-24)16-26-8-2-3-19-10-22(19)26/h17-22H,2-16H2,1H3. The highest BCUT2D eigenvalue weighted by Gasteiger charge is 2.58. The van der Waals surface area contributed by atoms with Crippen molar-refractivity contribution in [1.82, 2.24) is 14.7 Å². The van der Waals surface area contributed by atoms with Gasteiger partial charge in [0, 0.05) is 45.3 Å². The van der Waals surface area contributed by atoms with Gasteiger partial charge in [-0.3, -0.25) is 4.90 Å². The number of rotatable bonds is 4. The molecule has 3 aliphatic carbocycles. The Morgan fingerprint density at radius 2 is 1.58 bits per heavy atom. The molecule has 3 aliphatic heterocycles. The fourth-order valence-electron chi connectivity index (χ4n) is 7.96. The van der Waals surface area contributed by atoms with Crippen LogP contribution in [0.5, 0.6) is 0 Å². The molecule has 6 atom stereocenters. The molecule has 3 nitrogen and oxygen atoms in total. The monoisotopic (exact) mass is 357 g/mol. The highest BCUT2D eigenvalue weighted by molar-refractivity contribution is 5.10. The number of hydrogen-bond donors (Lipinski definition) is 0. The lowest BCUT2D eigenvalue weighted by Crippen LogP contribution is -2.54.